The first-order chi connectivity index (χ1) is 8.47. The number of hydrogen-bond acceptors (Lipinski definition) is 3. The van der Waals surface area contributed by atoms with Crippen LogP contribution in [0.25, 0.3) is 0 Å². The van der Waals surface area contributed by atoms with Crippen molar-refractivity contribution in [3.8, 4) is 0 Å². The molecule has 18 heavy (non-hydrogen) atoms. The van der Waals surface area contributed by atoms with E-state index in [-0.39, 0.29) is 0 Å². The fourth-order valence-corrected chi connectivity index (χ4v) is 1.13. The summed E-state index contributed by atoms with van der Waals surface area (Å²) in [6.45, 7) is 0. The van der Waals surface area contributed by atoms with Crippen molar-refractivity contribution < 1.29 is 23.5 Å². The van der Waals surface area contributed by atoms with Gasteiger partial charge in [-0.2, -0.15) is 0 Å². The number of carbonyl (C=O) groups is 2. The van der Waals surface area contributed by atoms with Crippen molar-refractivity contribution in [1.29, 1.82) is 5.41 Å². The van der Waals surface area contributed by atoms with Gasteiger partial charge in [0.2, 0.25) is 0 Å². The standard InChI is InChI=1S/C11H8F2N2O3/c12-7-2-1-3-8(13)9(7)15-10(16)6(4-5-14)11(17)18/h1-5,14H,(H,15,16)(H,17,18)/b6-4+,14-5?. The zero-order valence-corrected chi connectivity index (χ0v) is 8.91. The molecule has 1 amide bonds. The molecule has 0 radical (unpaired) electrons. The van der Waals surface area contributed by atoms with Crippen molar-refractivity contribution in [2.45, 2.75) is 0 Å². The van der Waals surface area contributed by atoms with Crippen LogP contribution in [0.3, 0.4) is 0 Å². The van der Waals surface area contributed by atoms with E-state index in [0.29, 0.717) is 12.3 Å². The Morgan fingerprint density at radius 2 is 1.83 bits per heavy atom. The number of amides is 1. The zero-order chi connectivity index (χ0) is 13.7. The van der Waals surface area contributed by atoms with E-state index in [9.17, 15) is 18.4 Å². The molecule has 1 aromatic rings. The van der Waals surface area contributed by atoms with Crippen LogP contribution >= 0.6 is 0 Å². The number of allylic oxidation sites excluding steroid dienone is 1. The van der Waals surface area contributed by atoms with Crippen molar-refractivity contribution in [2.75, 3.05) is 5.32 Å². The lowest BCUT2D eigenvalue weighted by atomic mass is 10.2. The van der Waals surface area contributed by atoms with Crippen molar-refractivity contribution >= 4 is 23.8 Å². The van der Waals surface area contributed by atoms with E-state index in [0.717, 1.165) is 18.2 Å². The molecule has 3 N–H and O–H groups in total. The SMILES string of the molecule is N=C/C=C(/C(=O)O)C(=O)Nc1c(F)cccc1F. The van der Waals surface area contributed by atoms with Crippen molar-refractivity contribution in [2.24, 2.45) is 0 Å². The molecule has 0 aliphatic rings. The molecular formula is C11H8F2N2O3. The summed E-state index contributed by atoms with van der Waals surface area (Å²) >= 11 is 0. The minimum atomic E-state index is -1.60. The number of para-hydroxylation sites is 1. The molecular weight excluding hydrogens is 246 g/mol. The lowest BCUT2D eigenvalue weighted by Gasteiger charge is -2.07. The second kappa shape index (κ2) is 5.67. The van der Waals surface area contributed by atoms with Gasteiger partial charge in [0.25, 0.3) is 5.91 Å². The molecule has 0 aromatic heterocycles. The monoisotopic (exact) mass is 254 g/mol. The van der Waals surface area contributed by atoms with E-state index in [1.165, 1.54) is 0 Å². The molecule has 5 nitrogen and oxygen atoms in total. The summed E-state index contributed by atoms with van der Waals surface area (Å²) < 4.78 is 26.4. The van der Waals surface area contributed by atoms with E-state index >= 15 is 0 Å². The summed E-state index contributed by atoms with van der Waals surface area (Å²) in [6, 6.07) is 2.94. The molecule has 0 heterocycles. The Kier molecular flexibility index (Phi) is 4.25. The third kappa shape index (κ3) is 2.97. The molecule has 1 rings (SSSR count). The van der Waals surface area contributed by atoms with Crippen LogP contribution in [0.1, 0.15) is 0 Å². The normalized spacial score (nSPS) is 10.9. The lowest BCUT2D eigenvalue weighted by molar-refractivity contribution is -0.134. The van der Waals surface area contributed by atoms with Crippen molar-refractivity contribution in [3.63, 3.8) is 0 Å². The lowest BCUT2D eigenvalue weighted by Crippen LogP contribution is -2.21. The molecule has 0 unspecified atom stereocenters. The molecule has 0 saturated carbocycles. The van der Waals surface area contributed by atoms with Crippen molar-refractivity contribution in [1.82, 2.24) is 0 Å². The third-order valence-corrected chi connectivity index (χ3v) is 1.93. The van der Waals surface area contributed by atoms with E-state index in [1.807, 2.05) is 0 Å². The Morgan fingerprint density at radius 3 is 2.28 bits per heavy atom. The minimum absolute atomic E-state index is 0.584. The van der Waals surface area contributed by atoms with E-state index in [4.69, 9.17) is 10.5 Å². The van der Waals surface area contributed by atoms with Crippen LogP contribution in [-0.2, 0) is 9.59 Å². The highest BCUT2D eigenvalue weighted by atomic mass is 19.1. The molecule has 0 spiro atoms. The second-order valence-electron chi connectivity index (χ2n) is 3.10. The van der Waals surface area contributed by atoms with Gasteiger partial charge in [0.1, 0.15) is 22.9 Å². The van der Waals surface area contributed by atoms with Gasteiger partial charge in [0, 0.05) is 6.21 Å². The van der Waals surface area contributed by atoms with Crippen LogP contribution in [0.4, 0.5) is 14.5 Å². The third-order valence-electron chi connectivity index (χ3n) is 1.93. The van der Waals surface area contributed by atoms with Gasteiger partial charge in [-0.3, -0.25) is 4.79 Å². The van der Waals surface area contributed by atoms with Gasteiger partial charge >= 0.3 is 5.97 Å². The second-order valence-corrected chi connectivity index (χ2v) is 3.10. The molecule has 94 valence electrons. The van der Waals surface area contributed by atoms with Crippen LogP contribution in [-0.4, -0.2) is 23.2 Å². The summed E-state index contributed by atoms with van der Waals surface area (Å²) in [7, 11) is 0. The largest absolute Gasteiger partial charge is 0.477 e. The van der Waals surface area contributed by atoms with Gasteiger partial charge in [-0.1, -0.05) is 6.07 Å². The summed E-state index contributed by atoms with van der Waals surface area (Å²) in [5, 5.41) is 17.2. The number of carboxylic acids is 1. The number of anilines is 1. The molecule has 0 aliphatic heterocycles. The number of halogens is 2. The Bertz CT molecular complexity index is 521. The number of aliphatic carboxylic acids is 1. The first-order valence-corrected chi connectivity index (χ1v) is 4.66. The van der Waals surface area contributed by atoms with Gasteiger partial charge in [-0.15, -0.1) is 0 Å². The maximum absolute atomic E-state index is 13.2. The fourth-order valence-electron chi connectivity index (χ4n) is 1.13. The van der Waals surface area contributed by atoms with Gasteiger partial charge in [-0.25, -0.2) is 13.6 Å². The van der Waals surface area contributed by atoms with Crippen LogP contribution in [0.5, 0.6) is 0 Å². The number of rotatable bonds is 4. The number of nitrogens with one attached hydrogen (secondary N) is 2. The average molecular weight is 254 g/mol. The van der Waals surface area contributed by atoms with Gasteiger partial charge in [0.15, 0.2) is 0 Å². The minimum Gasteiger partial charge on any atom is -0.477 e. The van der Waals surface area contributed by atoms with E-state index < -0.39 is 34.8 Å². The Hall–Kier alpha value is -2.57. The highest BCUT2D eigenvalue weighted by Gasteiger charge is 2.19. The maximum atomic E-state index is 13.2. The predicted molar refractivity (Wildman–Crippen MR) is 59.5 cm³/mol. The van der Waals surface area contributed by atoms with Crippen LogP contribution in [0.2, 0.25) is 0 Å². The first-order valence-electron chi connectivity index (χ1n) is 4.66. The highest BCUT2D eigenvalue weighted by molar-refractivity contribution is 6.22. The molecule has 7 heteroatoms. The van der Waals surface area contributed by atoms with Crippen LogP contribution < -0.4 is 5.32 Å². The van der Waals surface area contributed by atoms with Crippen molar-refractivity contribution in [3.05, 3.63) is 41.5 Å². The average Bonchev–Trinajstić information content (AvgIpc) is 2.30. The Balaban J connectivity index is 3.04. The first kappa shape index (κ1) is 13.5. The topological polar surface area (TPSA) is 90.2 Å². The number of benzene rings is 1. The van der Waals surface area contributed by atoms with E-state index in [2.05, 4.69) is 0 Å². The number of carboxylic acid groups (broad SMARTS) is 1. The van der Waals surface area contributed by atoms with Gasteiger partial charge in [-0.05, 0) is 18.2 Å². The summed E-state index contributed by atoms with van der Waals surface area (Å²) in [5.74, 6) is -4.87. The molecule has 0 fully saturated rings. The van der Waals surface area contributed by atoms with Crippen LogP contribution in [0, 0.1) is 17.0 Å². The van der Waals surface area contributed by atoms with Gasteiger partial charge < -0.3 is 15.8 Å². The number of hydrogen-bond donors (Lipinski definition) is 3. The van der Waals surface area contributed by atoms with Gasteiger partial charge in [0.05, 0.1) is 0 Å². The molecule has 0 saturated heterocycles. The Morgan fingerprint density at radius 1 is 1.28 bits per heavy atom. The summed E-state index contributed by atoms with van der Waals surface area (Å²) in [4.78, 5) is 22.1. The molecule has 1 aromatic carbocycles. The summed E-state index contributed by atoms with van der Waals surface area (Å²) in [5.41, 5.74) is -1.53. The summed E-state index contributed by atoms with van der Waals surface area (Å²) in [6.07, 6.45) is 1.29. The zero-order valence-electron chi connectivity index (χ0n) is 8.91. The molecule has 0 aliphatic carbocycles. The smallest absolute Gasteiger partial charge is 0.341 e. The fraction of sp³-hybridized carbons (Fsp3) is 0. The quantitative estimate of drug-likeness (QED) is 0.329. The molecule has 0 bridgehead atoms. The number of carbonyl (C=O) groups excluding carboxylic acids is 1. The van der Waals surface area contributed by atoms with E-state index in [1.54, 1.807) is 5.32 Å². The highest BCUT2D eigenvalue weighted by Crippen LogP contribution is 2.18. The van der Waals surface area contributed by atoms with Crippen LogP contribution in [0.15, 0.2) is 29.8 Å². The maximum Gasteiger partial charge on any atom is 0.341 e. The predicted octanol–water partition coefficient (Wildman–Crippen LogP) is 1.56. The molecule has 0 atom stereocenters. The Labute approximate surface area is 100 Å².